The van der Waals surface area contributed by atoms with Gasteiger partial charge in [0.15, 0.2) is 28.7 Å². The molecule has 56 heavy (non-hydrogen) atoms. The molecular formula is C31H43F19O6. The minimum atomic E-state index is -6.94. The van der Waals surface area contributed by atoms with Crippen LogP contribution < -0.4 is 0 Å². The predicted octanol–water partition coefficient (Wildman–Crippen LogP) is 12.0. The Hall–Kier alpha value is -2.79. The lowest BCUT2D eigenvalue weighted by Gasteiger charge is -2.42. The highest BCUT2D eigenvalue weighted by atomic mass is 19.4. The summed E-state index contributed by atoms with van der Waals surface area (Å²) in [6.07, 6.45) is -17.5. The smallest absolute Gasteiger partial charge is 0.425 e. The monoisotopic (exact) mass is 872 g/mol. The van der Waals surface area contributed by atoms with E-state index in [1.165, 1.54) is 27.7 Å². The first-order chi connectivity index (χ1) is 24.0. The van der Waals surface area contributed by atoms with E-state index >= 15 is 0 Å². The van der Waals surface area contributed by atoms with Crippen molar-refractivity contribution < 1.29 is 112 Å². The Labute approximate surface area is 309 Å². The van der Waals surface area contributed by atoms with Crippen molar-refractivity contribution in [3.63, 3.8) is 0 Å². The number of rotatable bonds is 16. The third-order valence-corrected chi connectivity index (χ3v) is 9.11. The molecule has 0 aromatic rings. The van der Waals surface area contributed by atoms with E-state index < -0.39 is 107 Å². The fourth-order valence-corrected chi connectivity index (χ4v) is 3.72. The van der Waals surface area contributed by atoms with E-state index in [1.54, 1.807) is 0 Å². The Morgan fingerprint density at radius 3 is 0.768 bits per heavy atom. The molecule has 0 fully saturated rings. The summed E-state index contributed by atoms with van der Waals surface area (Å²) in [4.78, 5) is 23.4. The van der Waals surface area contributed by atoms with Gasteiger partial charge in [0.1, 0.15) is 23.5 Å². The van der Waals surface area contributed by atoms with Crippen LogP contribution in [0.15, 0.2) is 0 Å². The third kappa shape index (κ3) is 10.1. The van der Waals surface area contributed by atoms with Crippen LogP contribution in [-0.2, 0) is 18.9 Å². The average molecular weight is 873 g/mol. The molecule has 0 aliphatic carbocycles. The Kier molecular flexibility index (Phi) is 16.3. The van der Waals surface area contributed by atoms with Gasteiger partial charge in [0.25, 0.3) is 0 Å². The zero-order valence-electron chi connectivity index (χ0n) is 31.9. The lowest BCUT2D eigenvalue weighted by Crippen LogP contribution is -2.67. The SMILES string of the molecule is CC(F)C(C)(F)C(C)(C)OC(=O)OC(C)(C)C(C)(F)C(C)F.CC(F)C(F)(F)C(F)(F)C(F)(F)C(C)(C)OC(=O)OC(C)(C)C(F)(F)C(F)(F)C(F)(F)C(F)F. The van der Waals surface area contributed by atoms with Crippen molar-refractivity contribution in [2.75, 3.05) is 0 Å². The normalized spacial score (nSPS) is 18.4. The standard InChI is InChI=1S/C16H17F15O3.C15H26F4O3/c1-6(17)11(20,21)15(28,29)13(24,25)9(2,3)33-8(32)34-10(4,5)14(26,27)16(30,31)12(22,23)7(18)19;1-9(16)14(7,18)12(3,4)21-11(20)22-13(5,6)15(8,19)10(2)17/h6-7H,1-5H3;9-10H,1-8H3. The summed E-state index contributed by atoms with van der Waals surface area (Å²) < 4.78 is 272. The zero-order valence-corrected chi connectivity index (χ0v) is 31.9. The molecule has 0 spiro atoms. The molecule has 0 amide bonds. The summed E-state index contributed by atoms with van der Waals surface area (Å²) in [5.74, 6) is -38.9. The van der Waals surface area contributed by atoms with E-state index in [2.05, 4.69) is 9.47 Å². The van der Waals surface area contributed by atoms with E-state index in [9.17, 15) is 93.0 Å². The molecule has 0 heterocycles. The van der Waals surface area contributed by atoms with Crippen LogP contribution in [0.3, 0.4) is 0 Å². The summed E-state index contributed by atoms with van der Waals surface area (Å²) in [7, 11) is 0. The molecule has 0 bridgehead atoms. The van der Waals surface area contributed by atoms with Crippen LogP contribution in [0.5, 0.6) is 0 Å². The maximum atomic E-state index is 14.3. The largest absolute Gasteiger partial charge is 0.509 e. The van der Waals surface area contributed by atoms with Gasteiger partial charge in [0, 0.05) is 0 Å². The topological polar surface area (TPSA) is 71.1 Å². The second-order valence-corrected chi connectivity index (χ2v) is 14.8. The molecule has 5 unspecified atom stereocenters. The van der Waals surface area contributed by atoms with Gasteiger partial charge >= 0.3 is 54.3 Å². The second-order valence-electron chi connectivity index (χ2n) is 14.8. The Morgan fingerprint density at radius 2 is 0.571 bits per heavy atom. The number of carbonyl (C=O) groups excluding carboxylic acids is 2. The van der Waals surface area contributed by atoms with Crippen LogP contribution in [0.4, 0.5) is 93.0 Å². The number of hydrogen-bond donors (Lipinski definition) is 0. The predicted molar refractivity (Wildman–Crippen MR) is 158 cm³/mol. The van der Waals surface area contributed by atoms with Crippen LogP contribution in [0.1, 0.15) is 90.0 Å². The molecule has 0 rings (SSSR count). The fraction of sp³-hybridized carbons (Fsp3) is 0.935. The van der Waals surface area contributed by atoms with Crippen LogP contribution in [0, 0.1) is 0 Å². The van der Waals surface area contributed by atoms with Crippen molar-refractivity contribution in [3.05, 3.63) is 0 Å². The molecular weight excluding hydrogens is 829 g/mol. The number of hydrogen-bond acceptors (Lipinski definition) is 6. The highest BCUT2D eigenvalue weighted by Gasteiger charge is 2.81. The summed E-state index contributed by atoms with van der Waals surface area (Å²) in [6.45, 7) is 7.31. The first-order valence-electron chi connectivity index (χ1n) is 15.7. The van der Waals surface area contributed by atoms with Crippen molar-refractivity contribution in [3.8, 4) is 0 Å². The van der Waals surface area contributed by atoms with Gasteiger partial charge in [0.05, 0.1) is 0 Å². The van der Waals surface area contributed by atoms with E-state index in [1.807, 2.05) is 0 Å². The lowest BCUT2D eigenvalue weighted by atomic mass is 9.85. The Bertz CT molecular complexity index is 1240. The van der Waals surface area contributed by atoms with Gasteiger partial charge in [0.2, 0.25) is 0 Å². The van der Waals surface area contributed by atoms with Gasteiger partial charge in [-0.1, -0.05) is 0 Å². The maximum Gasteiger partial charge on any atom is 0.509 e. The Morgan fingerprint density at radius 1 is 0.357 bits per heavy atom. The minimum Gasteiger partial charge on any atom is -0.425 e. The van der Waals surface area contributed by atoms with Crippen LogP contribution in [0.2, 0.25) is 0 Å². The lowest BCUT2D eigenvalue weighted by molar-refractivity contribution is -0.374. The van der Waals surface area contributed by atoms with E-state index in [4.69, 9.17) is 9.47 Å². The molecule has 5 atom stereocenters. The van der Waals surface area contributed by atoms with E-state index in [0.29, 0.717) is 0 Å². The van der Waals surface area contributed by atoms with E-state index in [0.717, 1.165) is 27.7 Å². The molecule has 336 valence electrons. The molecule has 0 saturated heterocycles. The van der Waals surface area contributed by atoms with Crippen LogP contribution in [0.25, 0.3) is 0 Å². The Balaban J connectivity index is 0. The molecule has 0 N–H and O–H groups in total. The maximum absolute atomic E-state index is 14.3. The molecule has 0 aliphatic heterocycles. The average Bonchev–Trinajstić information content (AvgIpc) is 2.94. The quantitative estimate of drug-likeness (QED) is 0.114. The van der Waals surface area contributed by atoms with Gasteiger partial charge in [-0.2, -0.15) is 52.7 Å². The molecule has 0 saturated carbocycles. The third-order valence-electron chi connectivity index (χ3n) is 9.11. The van der Waals surface area contributed by atoms with Crippen molar-refractivity contribution >= 4 is 12.3 Å². The molecule has 0 aromatic carbocycles. The van der Waals surface area contributed by atoms with Crippen LogP contribution >= 0.6 is 0 Å². The summed E-state index contributed by atoms with van der Waals surface area (Å²) in [6, 6.07) is 0. The van der Waals surface area contributed by atoms with E-state index in [-0.39, 0.29) is 34.6 Å². The molecule has 6 nitrogen and oxygen atoms in total. The number of alkyl halides is 19. The molecule has 0 aliphatic rings. The van der Waals surface area contributed by atoms with Crippen molar-refractivity contribution in [1.82, 2.24) is 0 Å². The van der Waals surface area contributed by atoms with Gasteiger partial charge in [-0.15, -0.1) is 0 Å². The first kappa shape index (κ1) is 55.3. The minimum absolute atomic E-state index is 0.216. The van der Waals surface area contributed by atoms with Crippen molar-refractivity contribution in [2.24, 2.45) is 0 Å². The number of carbonyl (C=O) groups is 2. The molecule has 25 heteroatoms. The van der Waals surface area contributed by atoms with Gasteiger partial charge in [-0.25, -0.2) is 40.3 Å². The van der Waals surface area contributed by atoms with Crippen molar-refractivity contribution in [2.45, 2.75) is 184 Å². The highest BCUT2D eigenvalue weighted by molar-refractivity contribution is 5.62. The van der Waals surface area contributed by atoms with Gasteiger partial charge < -0.3 is 18.9 Å². The van der Waals surface area contributed by atoms with Crippen molar-refractivity contribution in [1.29, 1.82) is 0 Å². The summed E-state index contributed by atoms with van der Waals surface area (Å²) >= 11 is 0. The van der Waals surface area contributed by atoms with Gasteiger partial charge in [-0.05, 0) is 90.0 Å². The first-order valence-corrected chi connectivity index (χ1v) is 15.7. The molecule has 0 aromatic heterocycles. The number of ether oxygens (including phenoxy) is 4. The fourth-order valence-electron chi connectivity index (χ4n) is 3.72. The summed E-state index contributed by atoms with van der Waals surface area (Å²) in [5, 5.41) is 0. The summed E-state index contributed by atoms with van der Waals surface area (Å²) in [5.41, 5.74) is -17.1. The highest BCUT2D eigenvalue weighted by Crippen LogP contribution is 2.55. The molecule has 0 radical (unpaired) electrons. The van der Waals surface area contributed by atoms with Gasteiger partial charge in [-0.3, -0.25) is 0 Å². The number of halogens is 19. The second kappa shape index (κ2) is 16.5. The van der Waals surface area contributed by atoms with Crippen LogP contribution in [-0.4, -0.2) is 107 Å². The zero-order chi connectivity index (χ0) is 46.3.